The average Bonchev–Trinajstić information content (AvgIpc) is 2.76. The van der Waals surface area contributed by atoms with Crippen molar-refractivity contribution in [1.82, 2.24) is 15.5 Å². The summed E-state index contributed by atoms with van der Waals surface area (Å²) in [5, 5.41) is 6.72. The molecule has 0 aliphatic carbocycles. The summed E-state index contributed by atoms with van der Waals surface area (Å²) in [5.74, 6) is 0.0783. The van der Waals surface area contributed by atoms with Crippen LogP contribution in [0.15, 0.2) is 91.0 Å². The summed E-state index contributed by atoms with van der Waals surface area (Å²) >= 11 is 0. The molecule has 31 heavy (non-hydrogen) atoms. The Bertz CT molecular complexity index is 928. The van der Waals surface area contributed by atoms with Crippen molar-refractivity contribution in [3.8, 4) is 0 Å². The predicted octanol–water partition coefficient (Wildman–Crippen LogP) is 4.14. The zero-order chi connectivity index (χ0) is 21.7. The van der Waals surface area contributed by atoms with E-state index in [1.807, 2.05) is 44.2 Å². The molecule has 160 valence electrons. The minimum Gasteiger partial charge on any atom is -0.352 e. The van der Waals surface area contributed by atoms with Crippen LogP contribution in [0.2, 0.25) is 0 Å². The topological polar surface area (TPSA) is 44.4 Å². The van der Waals surface area contributed by atoms with Crippen LogP contribution in [0.5, 0.6) is 0 Å². The number of nitrogens with one attached hydrogen (secondary N) is 2. The lowest BCUT2D eigenvalue weighted by Crippen LogP contribution is -2.75. The molecule has 1 saturated heterocycles. The highest BCUT2D eigenvalue weighted by Crippen LogP contribution is 2.36. The number of rotatable bonds is 8. The van der Waals surface area contributed by atoms with E-state index in [4.69, 9.17) is 0 Å². The van der Waals surface area contributed by atoms with Gasteiger partial charge in [0.15, 0.2) is 0 Å². The summed E-state index contributed by atoms with van der Waals surface area (Å²) < 4.78 is 0. The summed E-state index contributed by atoms with van der Waals surface area (Å²) in [4.78, 5) is 15.6. The van der Waals surface area contributed by atoms with E-state index >= 15 is 0 Å². The van der Waals surface area contributed by atoms with Crippen LogP contribution in [0, 0.1) is 0 Å². The van der Waals surface area contributed by atoms with Crippen LogP contribution >= 0.6 is 0 Å². The van der Waals surface area contributed by atoms with Gasteiger partial charge in [0.05, 0.1) is 6.04 Å². The van der Waals surface area contributed by atoms with Gasteiger partial charge in [0.1, 0.15) is 5.54 Å². The number of hydrogen-bond acceptors (Lipinski definition) is 3. The van der Waals surface area contributed by atoms with E-state index < -0.39 is 5.54 Å². The fourth-order valence-electron chi connectivity index (χ4n) is 4.32. The monoisotopic (exact) mass is 413 g/mol. The Morgan fingerprint density at radius 2 is 1.32 bits per heavy atom. The molecular formula is C27H31N3O. The van der Waals surface area contributed by atoms with E-state index in [9.17, 15) is 4.79 Å². The fourth-order valence-corrected chi connectivity index (χ4v) is 4.32. The molecule has 0 bridgehead atoms. The summed E-state index contributed by atoms with van der Waals surface area (Å²) in [6.07, 6.45) is 0. The number of carbonyl (C=O) groups excluding carboxylic acids is 1. The van der Waals surface area contributed by atoms with Crippen molar-refractivity contribution in [3.05, 3.63) is 108 Å². The van der Waals surface area contributed by atoms with E-state index in [1.165, 1.54) is 16.7 Å². The van der Waals surface area contributed by atoms with E-state index in [0.717, 1.165) is 0 Å². The van der Waals surface area contributed by atoms with Gasteiger partial charge >= 0.3 is 0 Å². The van der Waals surface area contributed by atoms with Gasteiger partial charge in [-0.2, -0.15) is 0 Å². The van der Waals surface area contributed by atoms with Gasteiger partial charge in [0.2, 0.25) is 5.91 Å². The van der Waals surface area contributed by atoms with Gasteiger partial charge in [0, 0.05) is 25.7 Å². The SMILES string of the molecule is CC(C)NC(=O)C1(NCc2ccccc2)CN(C(c2ccccc2)c2ccccc2)C1. The summed E-state index contributed by atoms with van der Waals surface area (Å²) in [5.41, 5.74) is 3.08. The molecule has 0 aromatic heterocycles. The average molecular weight is 414 g/mol. The second kappa shape index (κ2) is 9.46. The van der Waals surface area contributed by atoms with Crippen LogP contribution in [0.1, 0.15) is 36.6 Å². The van der Waals surface area contributed by atoms with Crippen molar-refractivity contribution in [1.29, 1.82) is 0 Å². The first-order chi connectivity index (χ1) is 15.1. The van der Waals surface area contributed by atoms with Crippen molar-refractivity contribution in [2.24, 2.45) is 0 Å². The molecule has 1 amide bonds. The highest BCUT2D eigenvalue weighted by atomic mass is 16.2. The molecule has 0 unspecified atom stereocenters. The largest absolute Gasteiger partial charge is 0.352 e. The minimum absolute atomic E-state index is 0.0783. The third-order valence-corrected chi connectivity index (χ3v) is 5.87. The van der Waals surface area contributed by atoms with Gasteiger partial charge in [-0.1, -0.05) is 91.0 Å². The smallest absolute Gasteiger partial charge is 0.243 e. The number of amides is 1. The molecule has 4 rings (SSSR count). The molecule has 3 aromatic rings. The molecule has 1 aliphatic heterocycles. The van der Waals surface area contributed by atoms with Crippen LogP contribution < -0.4 is 10.6 Å². The molecule has 0 spiro atoms. The van der Waals surface area contributed by atoms with Crippen molar-refractivity contribution >= 4 is 5.91 Å². The van der Waals surface area contributed by atoms with E-state index in [0.29, 0.717) is 19.6 Å². The van der Waals surface area contributed by atoms with Gasteiger partial charge in [-0.25, -0.2) is 0 Å². The van der Waals surface area contributed by atoms with Crippen molar-refractivity contribution < 1.29 is 4.79 Å². The van der Waals surface area contributed by atoms with Gasteiger partial charge < -0.3 is 5.32 Å². The lowest BCUT2D eigenvalue weighted by Gasteiger charge is -2.52. The summed E-state index contributed by atoms with van der Waals surface area (Å²) in [6, 6.07) is 31.6. The first-order valence-corrected chi connectivity index (χ1v) is 11.0. The van der Waals surface area contributed by atoms with Crippen LogP contribution in [-0.4, -0.2) is 35.5 Å². The Hall–Kier alpha value is -2.95. The third kappa shape index (κ3) is 4.87. The van der Waals surface area contributed by atoms with Crippen LogP contribution in [-0.2, 0) is 11.3 Å². The van der Waals surface area contributed by atoms with Crippen LogP contribution in [0.25, 0.3) is 0 Å². The summed E-state index contributed by atoms with van der Waals surface area (Å²) in [6.45, 7) is 6.01. The quantitative estimate of drug-likeness (QED) is 0.583. The lowest BCUT2D eigenvalue weighted by molar-refractivity contribution is -0.137. The van der Waals surface area contributed by atoms with E-state index in [2.05, 4.69) is 76.2 Å². The van der Waals surface area contributed by atoms with E-state index in [1.54, 1.807) is 0 Å². The highest BCUT2D eigenvalue weighted by molar-refractivity contribution is 5.88. The Labute approximate surface area is 185 Å². The molecule has 1 aliphatic rings. The van der Waals surface area contributed by atoms with Gasteiger partial charge in [-0.05, 0) is 30.5 Å². The van der Waals surface area contributed by atoms with Gasteiger partial charge in [-0.3, -0.25) is 15.0 Å². The molecule has 0 radical (unpaired) electrons. The van der Waals surface area contributed by atoms with Gasteiger partial charge in [-0.15, -0.1) is 0 Å². The Morgan fingerprint density at radius 3 is 1.81 bits per heavy atom. The zero-order valence-electron chi connectivity index (χ0n) is 18.3. The molecule has 4 nitrogen and oxygen atoms in total. The maximum atomic E-state index is 13.2. The number of nitrogens with zero attached hydrogens (tertiary/aromatic N) is 1. The Kier molecular flexibility index (Phi) is 6.50. The second-order valence-electron chi connectivity index (χ2n) is 8.68. The number of carbonyl (C=O) groups is 1. The first-order valence-electron chi connectivity index (χ1n) is 11.0. The number of likely N-dealkylation sites (tertiary alicyclic amines) is 1. The molecule has 0 saturated carbocycles. The van der Waals surface area contributed by atoms with Gasteiger partial charge in [0.25, 0.3) is 0 Å². The first kappa shape index (κ1) is 21.3. The molecule has 1 heterocycles. The van der Waals surface area contributed by atoms with E-state index in [-0.39, 0.29) is 18.0 Å². The zero-order valence-corrected chi connectivity index (χ0v) is 18.3. The van der Waals surface area contributed by atoms with Crippen LogP contribution in [0.3, 0.4) is 0 Å². The number of benzene rings is 3. The third-order valence-electron chi connectivity index (χ3n) is 5.87. The fraction of sp³-hybridized carbons (Fsp3) is 0.296. The van der Waals surface area contributed by atoms with Crippen molar-refractivity contribution in [2.45, 2.75) is 38.0 Å². The molecule has 0 atom stereocenters. The lowest BCUT2D eigenvalue weighted by atomic mass is 9.83. The maximum absolute atomic E-state index is 13.2. The second-order valence-corrected chi connectivity index (χ2v) is 8.68. The highest BCUT2D eigenvalue weighted by Gasteiger charge is 2.51. The van der Waals surface area contributed by atoms with Crippen molar-refractivity contribution in [3.63, 3.8) is 0 Å². The molecular weight excluding hydrogens is 382 g/mol. The summed E-state index contributed by atoms with van der Waals surface area (Å²) in [7, 11) is 0. The van der Waals surface area contributed by atoms with Crippen LogP contribution in [0.4, 0.5) is 0 Å². The number of hydrogen-bond donors (Lipinski definition) is 2. The predicted molar refractivity (Wildman–Crippen MR) is 126 cm³/mol. The maximum Gasteiger partial charge on any atom is 0.243 e. The molecule has 3 aromatic carbocycles. The molecule has 1 fully saturated rings. The normalized spacial score (nSPS) is 15.6. The van der Waals surface area contributed by atoms with Crippen molar-refractivity contribution in [2.75, 3.05) is 13.1 Å². The minimum atomic E-state index is -0.595. The standard InChI is InChI=1S/C27H31N3O/c1-21(2)29-26(31)27(28-18-22-12-6-3-7-13-22)19-30(20-27)25(23-14-8-4-9-15-23)24-16-10-5-11-17-24/h3-17,21,25,28H,18-20H2,1-2H3,(H,29,31). The Balaban J connectivity index is 1.57. The molecule has 2 N–H and O–H groups in total. The molecule has 4 heteroatoms. The Morgan fingerprint density at radius 1 is 0.839 bits per heavy atom.